The van der Waals surface area contributed by atoms with Gasteiger partial charge in [0.2, 0.25) is 0 Å². The van der Waals surface area contributed by atoms with Gasteiger partial charge in [-0.15, -0.1) is 0 Å². The van der Waals surface area contributed by atoms with E-state index in [-0.39, 0.29) is 11.9 Å². The molecule has 0 bridgehead atoms. The van der Waals surface area contributed by atoms with Crippen LogP contribution in [0.4, 0.5) is 10.8 Å². The monoisotopic (exact) mass is 284 g/mol. The molecule has 19 heavy (non-hydrogen) atoms. The van der Waals surface area contributed by atoms with Crippen LogP contribution < -0.4 is 16.0 Å². The van der Waals surface area contributed by atoms with Gasteiger partial charge >= 0.3 is 0 Å². The number of hydrogen-bond donors (Lipinski definition) is 2. The van der Waals surface area contributed by atoms with E-state index in [4.69, 9.17) is 10.5 Å². The van der Waals surface area contributed by atoms with Crippen LogP contribution in [0.2, 0.25) is 0 Å². The largest absolute Gasteiger partial charge is 0.383 e. The van der Waals surface area contributed by atoms with Crippen LogP contribution in [0.15, 0.2) is 0 Å². The van der Waals surface area contributed by atoms with E-state index >= 15 is 0 Å². The van der Waals surface area contributed by atoms with Crippen LogP contribution in [0, 0.1) is 0 Å². The molecule has 0 aromatic carbocycles. The molecule has 1 unspecified atom stereocenters. The first kappa shape index (κ1) is 14.1. The molecule has 2 rings (SSSR count). The Balaban J connectivity index is 2.17. The number of likely N-dealkylation sites (N-methyl/N-ethyl adjacent to an activating group) is 1. The van der Waals surface area contributed by atoms with Crippen LogP contribution in [0.5, 0.6) is 0 Å². The first-order valence-electron chi connectivity index (χ1n) is 6.32. The van der Waals surface area contributed by atoms with E-state index in [1.165, 1.54) is 11.5 Å². The lowest BCUT2D eigenvalue weighted by molar-refractivity contribution is 0.0952. The molecular formula is C12H20N4O2S. The van der Waals surface area contributed by atoms with E-state index in [9.17, 15) is 4.79 Å². The Morgan fingerprint density at radius 2 is 2.37 bits per heavy atom. The Kier molecular flexibility index (Phi) is 4.26. The minimum absolute atomic E-state index is 0.125. The fraction of sp³-hybridized carbons (Fsp3) is 0.667. The number of nitrogens with one attached hydrogen (secondary N) is 1. The second-order valence-electron chi connectivity index (χ2n) is 4.91. The molecule has 1 aromatic rings. The number of nitrogens with two attached hydrogens (primary N) is 1. The zero-order valence-electron chi connectivity index (χ0n) is 11.5. The summed E-state index contributed by atoms with van der Waals surface area (Å²) in [6.07, 6.45) is 2.10. The molecule has 0 saturated heterocycles. The lowest BCUT2D eigenvalue weighted by atomic mass is 10.2. The number of ether oxygens (including phenoxy) is 1. The van der Waals surface area contributed by atoms with Crippen molar-refractivity contribution in [2.45, 2.75) is 31.8 Å². The standard InChI is InChI=1S/C12H20N4O2S/c1-7(6-18-3)16(2)12-9(10(13)15-19-12)11(17)14-8-4-5-8/h7-8H,4-6H2,1-3H3,(H2,13,15)(H,14,17). The van der Waals surface area contributed by atoms with Crippen LogP contribution in [-0.4, -0.2) is 43.1 Å². The number of amides is 1. The van der Waals surface area contributed by atoms with Crippen molar-refractivity contribution in [3.8, 4) is 0 Å². The summed E-state index contributed by atoms with van der Waals surface area (Å²) in [6.45, 7) is 2.61. The van der Waals surface area contributed by atoms with Gasteiger partial charge < -0.3 is 20.7 Å². The van der Waals surface area contributed by atoms with E-state index in [1.807, 2.05) is 18.9 Å². The lowest BCUT2D eigenvalue weighted by Gasteiger charge is -2.25. The van der Waals surface area contributed by atoms with Gasteiger partial charge in [0.15, 0.2) is 5.82 Å². The molecule has 0 aliphatic heterocycles. The van der Waals surface area contributed by atoms with Crippen LogP contribution >= 0.6 is 11.5 Å². The molecule has 1 aliphatic carbocycles. The van der Waals surface area contributed by atoms with Gasteiger partial charge in [0, 0.05) is 20.2 Å². The topological polar surface area (TPSA) is 80.5 Å². The quantitative estimate of drug-likeness (QED) is 0.817. The Morgan fingerprint density at radius 3 is 2.95 bits per heavy atom. The minimum Gasteiger partial charge on any atom is -0.383 e. The Hall–Kier alpha value is -1.34. The number of nitrogen functional groups attached to an aromatic ring is 1. The van der Waals surface area contributed by atoms with E-state index in [0.29, 0.717) is 24.0 Å². The minimum atomic E-state index is -0.125. The zero-order valence-corrected chi connectivity index (χ0v) is 12.3. The lowest BCUT2D eigenvalue weighted by Crippen LogP contribution is -2.34. The molecule has 1 atom stereocenters. The average Bonchev–Trinajstić information content (AvgIpc) is 3.09. The highest BCUT2D eigenvalue weighted by Gasteiger charge is 2.29. The maximum Gasteiger partial charge on any atom is 0.258 e. The van der Waals surface area contributed by atoms with Crippen LogP contribution in [0.3, 0.4) is 0 Å². The van der Waals surface area contributed by atoms with Crippen molar-refractivity contribution in [2.75, 3.05) is 31.4 Å². The van der Waals surface area contributed by atoms with E-state index in [1.54, 1.807) is 7.11 Å². The number of carbonyl (C=O) groups is 1. The molecule has 1 aromatic heterocycles. The summed E-state index contributed by atoms with van der Waals surface area (Å²) in [6, 6.07) is 0.457. The third-order valence-corrected chi connectivity index (χ3v) is 4.18. The third-order valence-electron chi connectivity index (χ3n) is 3.23. The Bertz CT molecular complexity index is 459. The molecule has 1 saturated carbocycles. The van der Waals surface area contributed by atoms with Gasteiger partial charge in [0.05, 0.1) is 12.6 Å². The number of anilines is 2. The van der Waals surface area contributed by atoms with Gasteiger partial charge in [-0.2, -0.15) is 4.37 Å². The first-order valence-corrected chi connectivity index (χ1v) is 7.09. The SMILES string of the molecule is COCC(C)N(C)c1snc(N)c1C(=O)NC1CC1. The van der Waals surface area contributed by atoms with Gasteiger partial charge in [0.25, 0.3) is 5.91 Å². The summed E-state index contributed by atoms with van der Waals surface area (Å²) in [5, 5.41) is 3.74. The summed E-state index contributed by atoms with van der Waals surface area (Å²) in [5.41, 5.74) is 6.32. The summed E-state index contributed by atoms with van der Waals surface area (Å²) in [5.74, 6) is 0.176. The van der Waals surface area contributed by atoms with Gasteiger partial charge in [-0.25, -0.2) is 0 Å². The molecule has 3 N–H and O–H groups in total. The van der Waals surface area contributed by atoms with Gasteiger partial charge in [0.1, 0.15) is 10.6 Å². The van der Waals surface area contributed by atoms with Crippen molar-refractivity contribution < 1.29 is 9.53 Å². The van der Waals surface area contributed by atoms with Gasteiger partial charge in [-0.1, -0.05) is 0 Å². The first-order chi connectivity index (χ1) is 9.04. The second kappa shape index (κ2) is 5.75. The van der Waals surface area contributed by atoms with Crippen LogP contribution in [-0.2, 0) is 4.74 Å². The molecule has 1 aliphatic rings. The molecule has 7 heteroatoms. The number of rotatable bonds is 6. The highest BCUT2D eigenvalue weighted by atomic mass is 32.1. The molecule has 6 nitrogen and oxygen atoms in total. The number of aromatic nitrogens is 1. The molecule has 0 radical (unpaired) electrons. The fourth-order valence-corrected chi connectivity index (χ4v) is 2.66. The summed E-state index contributed by atoms with van der Waals surface area (Å²) >= 11 is 1.25. The molecule has 0 spiro atoms. The highest BCUT2D eigenvalue weighted by molar-refractivity contribution is 7.11. The summed E-state index contributed by atoms with van der Waals surface area (Å²) < 4.78 is 9.24. The van der Waals surface area contributed by atoms with Crippen molar-refractivity contribution in [3.05, 3.63) is 5.56 Å². The maximum absolute atomic E-state index is 12.2. The zero-order chi connectivity index (χ0) is 14.0. The van der Waals surface area contributed by atoms with Crippen LogP contribution in [0.1, 0.15) is 30.1 Å². The van der Waals surface area contributed by atoms with E-state index < -0.39 is 0 Å². The van der Waals surface area contributed by atoms with Gasteiger partial charge in [-0.3, -0.25) is 4.79 Å². The molecule has 1 heterocycles. The number of carbonyl (C=O) groups excluding carboxylic acids is 1. The molecule has 106 valence electrons. The molecule has 1 fully saturated rings. The maximum atomic E-state index is 12.2. The smallest absolute Gasteiger partial charge is 0.258 e. The average molecular weight is 284 g/mol. The van der Waals surface area contributed by atoms with Crippen LogP contribution in [0.25, 0.3) is 0 Å². The van der Waals surface area contributed by atoms with Crippen molar-refractivity contribution in [1.29, 1.82) is 0 Å². The Morgan fingerprint density at radius 1 is 1.68 bits per heavy atom. The number of methoxy groups -OCH3 is 1. The van der Waals surface area contributed by atoms with E-state index in [2.05, 4.69) is 9.69 Å². The van der Waals surface area contributed by atoms with Crippen molar-refractivity contribution in [1.82, 2.24) is 9.69 Å². The normalized spacial score (nSPS) is 16.2. The molecular weight excluding hydrogens is 264 g/mol. The summed E-state index contributed by atoms with van der Waals surface area (Å²) in [4.78, 5) is 14.2. The Labute approximate surface area is 117 Å². The van der Waals surface area contributed by atoms with Gasteiger partial charge in [-0.05, 0) is 31.3 Å². The fourth-order valence-electron chi connectivity index (χ4n) is 1.79. The van der Waals surface area contributed by atoms with Crippen molar-refractivity contribution in [2.24, 2.45) is 0 Å². The third kappa shape index (κ3) is 3.16. The highest BCUT2D eigenvalue weighted by Crippen LogP contribution is 2.32. The second-order valence-corrected chi connectivity index (χ2v) is 5.66. The predicted molar refractivity (Wildman–Crippen MR) is 76.8 cm³/mol. The number of nitrogens with zero attached hydrogens (tertiary/aromatic N) is 2. The number of hydrogen-bond acceptors (Lipinski definition) is 6. The van der Waals surface area contributed by atoms with E-state index in [0.717, 1.165) is 17.8 Å². The van der Waals surface area contributed by atoms with Crippen molar-refractivity contribution in [3.63, 3.8) is 0 Å². The van der Waals surface area contributed by atoms with Crippen molar-refractivity contribution >= 4 is 28.3 Å². The molecule has 1 amide bonds. The predicted octanol–water partition coefficient (Wildman–Crippen LogP) is 1.09. The summed E-state index contributed by atoms with van der Waals surface area (Å²) in [7, 11) is 3.58.